The van der Waals surface area contributed by atoms with Crippen molar-refractivity contribution in [2.24, 2.45) is 0 Å². The normalized spacial score (nSPS) is 17.0. The van der Waals surface area contributed by atoms with Gasteiger partial charge in [0.15, 0.2) is 0 Å². The van der Waals surface area contributed by atoms with Crippen molar-refractivity contribution < 1.29 is 4.79 Å². The van der Waals surface area contributed by atoms with E-state index in [1.165, 1.54) is 24.0 Å². The monoisotopic (exact) mass is 321 g/mol. The lowest BCUT2D eigenvalue weighted by Crippen LogP contribution is -2.43. The number of carbonyl (C=O) groups excluding carboxylic acids is 1. The molecule has 124 valence electrons. The van der Waals surface area contributed by atoms with E-state index >= 15 is 0 Å². The van der Waals surface area contributed by atoms with Crippen molar-refractivity contribution in [2.45, 2.75) is 38.4 Å². The van der Waals surface area contributed by atoms with Crippen LogP contribution in [0.1, 0.15) is 29.7 Å². The second kappa shape index (κ2) is 6.73. The highest BCUT2D eigenvalue weighted by atomic mass is 16.2. The van der Waals surface area contributed by atoms with Crippen LogP contribution < -0.4 is 0 Å². The molecule has 2 heterocycles. The molecule has 1 saturated carbocycles. The number of benzene rings is 1. The third kappa shape index (κ3) is 3.49. The molecule has 0 spiro atoms. The quantitative estimate of drug-likeness (QED) is 0.849. The molecule has 0 radical (unpaired) electrons. The maximum absolute atomic E-state index is 12.8. The topological polar surface area (TPSA) is 36.4 Å². The molecule has 1 fully saturated rings. The Balaban J connectivity index is 1.41. The van der Waals surface area contributed by atoms with Crippen molar-refractivity contribution in [3.05, 3.63) is 65.5 Å². The van der Waals surface area contributed by atoms with E-state index in [0.29, 0.717) is 12.6 Å². The summed E-state index contributed by atoms with van der Waals surface area (Å²) in [6, 6.07) is 15.0. The van der Waals surface area contributed by atoms with Gasteiger partial charge in [-0.15, -0.1) is 0 Å². The Kier molecular flexibility index (Phi) is 4.30. The van der Waals surface area contributed by atoms with Gasteiger partial charge in [-0.3, -0.25) is 14.7 Å². The molecule has 2 aromatic rings. The van der Waals surface area contributed by atoms with Crippen LogP contribution in [0.4, 0.5) is 0 Å². The van der Waals surface area contributed by atoms with Crippen LogP contribution in [0.15, 0.2) is 48.7 Å². The van der Waals surface area contributed by atoms with Crippen LogP contribution in [0.3, 0.4) is 0 Å². The number of fused-ring (bicyclic) bond motifs is 1. The smallest absolute Gasteiger partial charge is 0.237 e. The van der Waals surface area contributed by atoms with Gasteiger partial charge in [0.25, 0.3) is 0 Å². The molecule has 4 nitrogen and oxygen atoms in total. The zero-order chi connectivity index (χ0) is 16.4. The standard InChI is InChI=1S/C20H23N3O/c24-20(22-12-10-16-5-1-2-6-17(16)13-22)15-23(19-8-9-19)14-18-7-3-4-11-21-18/h1-7,11,19H,8-10,12-15H2. The van der Waals surface area contributed by atoms with Gasteiger partial charge in [0.05, 0.1) is 12.2 Å². The third-order valence-corrected chi connectivity index (χ3v) is 4.98. The molecule has 2 aliphatic rings. The van der Waals surface area contributed by atoms with Gasteiger partial charge in [0, 0.05) is 31.9 Å². The lowest BCUT2D eigenvalue weighted by molar-refractivity contribution is -0.133. The Hall–Kier alpha value is -2.20. The minimum absolute atomic E-state index is 0.243. The van der Waals surface area contributed by atoms with Crippen LogP contribution in [0.2, 0.25) is 0 Å². The molecule has 4 heteroatoms. The van der Waals surface area contributed by atoms with Crippen LogP contribution in [0, 0.1) is 0 Å². The fourth-order valence-corrected chi connectivity index (χ4v) is 3.44. The van der Waals surface area contributed by atoms with Gasteiger partial charge >= 0.3 is 0 Å². The number of nitrogens with zero attached hydrogens (tertiary/aromatic N) is 3. The molecule has 1 aromatic heterocycles. The fourth-order valence-electron chi connectivity index (χ4n) is 3.44. The molecular weight excluding hydrogens is 298 g/mol. The second-order valence-electron chi connectivity index (χ2n) is 6.79. The lowest BCUT2D eigenvalue weighted by atomic mass is 10.00. The Bertz CT molecular complexity index is 712. The SMILES string of the molecule is O=C(CN(Cc1ccccn1)C1CC1)N1CCc2ccccc2C1. The molecule has 24 heavy (non-hydrogen) atoms. The summed E-state index contributed by atoms with van der Waals surface area (Å²) in [4.78, 5) is 21.5. The molecular formula is C20H23N3O. The molecule has 1 aliphatic heterocycles. The largest absolute Gasteiger partial charge is 0.337 e. The van der Waals surface area contributed by atoms with E-state index in [1.807, 2.05) is 29.3 Å². The van der Waals surface area contributed by atoms with Crippen LogP contribution in [0.25, 0.3) is 0 Å². The van der Waals surface area contributed by atoms with Gasteiger partial charge in [0.1, 0.15) is 0 Å². The summed E-state index contributed by atoms with van der Waals surface area (Å²) in [5.74, 6) is 0.243. The van der Waals surface area contributed by atoms with Crippen molar-refractivity contribution in [1.82, 2.24) is 14.8 Å². The molecule has 0 atom stereocenters. The Morgan fingerprint density at radius 1 is 1.12 bits per heavy atom. The van der Waals surface area contributed by atoms with Crippen molar-refractivity contribution in [3.8, 4) is 0 Å². The van der Waals surface area contributed by atoms with Crippen LogP contribution in [0.5, 0.6) is 0 Å². The number of hydrogen-bond donors (Lipinski definition) is 0. The Labute approximate surface area is 143 Å². The Morgan fingerprint density at radius 3 is 2.67 bits per heavy atom. The zero-order valence-corrected chi connectivity index (χ0v) is 13.9. The molecule has 0 saturated heterocycles. The van der Waals surface area contributed by atoms with Crippen LogP contribution >= 0.6 is 0 Å². The first-order valence-electron chi connectivity index (χ1n) is 8.78. The van der Waals surface area contributed by atoms with E-state index < -0.39 is 0 Å². The first-order valence-corrected chi connectivity index (χ1v) is 8.78. The highest BCUT2D eigenvalue weighted by Gasteiger charge is 2.32. The molecule has 4 rings (SSSR count). The van der Waals surface area contributed by atoms with E-state index in [1.54, 1.807) is 0 Å². The van der Waals surface area contributed by atoms with Crippen molar-refractivity contribution in [1.29, 1.82) is 0 Å². The van der Waals surface area contributed by atoms with E-state index in [0.717, 1.165) is 31.7 Å². The van der Waals surface area contributed by atoms with Gasteiger partial charge in [-0.25, -0.2) is 0 Å². The van der Waals surface area contributed by atoms with E-state index in [2.05, 4.69) is 34.1 Å². The first-order chi connectivity index (χ1) is 11.8. The minimum Gasteiger partial charge on any atom is -0.337 e. The van der Waals surface area contributed by atoms with Crippen LogP contribution in [-0.2, 0) is 24.3 Å². The van der Waals surface area contributed by atoms with E-state index in [9.17, 15) is 4.79 Å². The van der Waals surface area contributed by atoms with Gasteiger partial charge in [-0.1, -0.05) is 30.3 Å². The maximum atomic E-state index is 12.8. The number of hydrogen-bond acceptors (Lipinski definition) is 3. The lowest BCUT2D eigenvalue weighted by Gasteiger charge is -2.31. The predicted octanol–water partition coefficient (Wildman–Crippen LogP) is 2.63. The van der Waals surface area contributed by atoms with E-state index in [4.69, 9.17) is 0 Å². The summed E-state index contributed by atoms with van der Waals surface area (Å²) < 4.78 is 0. The summed E-state index contributed by atoms with van der Waals surface area (Å²) in [5.41, 5.74) is 3.72. The third-order valence-electron chi connectivity index (χ3n) is 4.98. The van der Waals surface area contributed by atoms with Gasteiger partial charge < -0.3 is 4.90 Å². The Morgan fingerprint density at radius 2 is 1.92 bits per heavy atom. The van der Waals surface area contributed by atoms with Gasteiger partial charge in [0.2, 0.25) is 5.91 Å². The highest BCUT2D eigenvalue weighted by Crippen LogP contribution is 2.28. The summed E-state index contributed by atoms with van der Waals surface area (Å²) >= 11 is 0. The summed E-state index contributed by atoms with van der Waals surface area (Å²) in [6.07, 6.45) is 5.18. The number of aromatic nitrogens is 1. The molecule has 1 aromatic carbocycles. The van der Waals surface area contributed by atoms with Gasteiger partial charge in [-0.05, 0) is 42.5 Å². The first kappa shape index (κ1) is 15.3. The average molecular weight is 321 g/mol. The van der Waals surface area contributed by atoms with Crippen molar-refractivity contribution in [2.75, 3.05) is 13.1 Å². The maximum Gasteiger partial charge on any atom is 0.237 e. The van der Waals surface area contributed by atoms with Crippen molar-refractivity contribution >= 4 is 5.91 Å². The summed E-state index contributed by atoms with van der Waals surface area (Å²) in [5, 5.41) is 0. The summed E-state index contributed by atoms with van der Waals surface area (Å²) in [6.45, 7) is 2.85. The number of amides is 1. The number of carbonyl (C=O) groups is 1. The average Bonchev–Trinajstić information content (AvgIpc) is 3.47. The van der Waals surface area contributed by atoms with Gasteiger partial charge in [-0.2, -0.15) is 0 Å². The summed E-state index contributed by atoms with van der Waals surface area (Å²) in [7, 11) is 0. The number of pyridine rings is 1. The zero-order valence-electron chi connectivity index (χ0n) is 13.9. The fraction of sp³-hybridized carbons (Fsp3) is 0.400. The minimum atomic E-state index is 0.243. The second-order valence-corrected chi connectivity index (χ2v) is 6.79. The highest BCUT2D eigenvalue weighted by molar-refractivity contribution is 5.78. The molecule has 1 amide bonds. The predicted molar refractivity (Wildman–Crippen MR) is 93.2 cm³/mol. The van der Waals surface area contributed by atoms with Crippen molar-refractivity contribution in [3.63, 3.8) is 0 Å². The molecule has 0 bridgehead atoms. The molecule has 1 aliphatic carbocycles. The number of rotatable bonds is 5. The van der Waals surface area contributed by atoms with Crippen LogP contribution in [-0.4, -0.2) is 39.8 Å². The molecule has 0 unspecified atom stereocenters. The van der Waals surface area contributed by atoms with E-state index in [-0.39, 0.29) is 5.91 Å². The molecule has 0 N–H and O–H groups in total.